The van der Waals surface area contributed by atoms with Gasteiger partial charge >= 0.3 is 5.97 Å². The van der Waals surface area contributed by atoms with Gasteiger partial charge in [-0.05, 0) is 19.3 Å². The molecule has 0 bridgehead atoms. The Morgan fingerprint density at radius 3 is 2.42 bits per heavy atom. The van der Waals surface area contributed by atoms with Crippen LogP contribution in [0.25, 0.3) is 0 Å². The molecule has 0 saturated carbocycles. The molecule has 106 valence electrons. The average molecular weight is 284 g/mol. The van der Waals surface area contributed by atoms with Crippen molar-refractivity contribution < 1.29 is 9.90 Å². The van der Waals surface area contributed by atoms with E-state index in [1.807, 2.05) is 4.57 Å². The van der Waals surface area contributed by atoms with Crippen LogP contribution in [-0.4, -0.2) is 26.4 Å². The molecule has 0 aliphatic carbocycles. The summed E-state index contributed by atoms with van der Waals surface area (Å²) in [5.41, 5.74) is -0.442. The molecule has 0 aliphatic rings. The predicted octanol–water partition coefficient (Wildman–Crippen LogP) is 2.35. The Kier molecular flexibility index (Phi) is 5.60. The highest BCUT2D eigenvalue weighted by Crippen LogP contribution is 2.32. The van der Waals surface area contributed by atoms with E-state index in [9.17, 15) is 9.59 Å². The second-order valence-electron chi connectivity index (χ2n) is 4.39. The van der Waals surface area contributed by atoms with Gasteiger partial charge in [0.05, 0.1) is 5.75 Å². The van der Waals surface area contributed by atoms with Crippen LogP contribution in [-0.2, 0) is 10.3 Å². The van der Waals surface area contributed by atoms with Gasteiger partial charge in [0.1, 0.15) is 0 Å². The van der Waals surface area contributed by atoms with E-state index >= 15 is 0 Å². The SMILES string of the molecule is CCC(CC)(CC)n1ccc(=O)nc1SCC(=O)O. The molecule has 0 aromatic carbocycles. The molecule has 0 fully saturated rings. The number of carboxylic acid groups (broad SMARTS) is 1. The quantitative estimate of drug-likeness (QED) is 0.614. The molecule has 19 heavy (non-hydrogen) atoms. The molecule has 1 rings (SSSR count). The summed E-state index contributed by atoms with van der Waals surface area (Å²) in [5.74, 6) is -1.01. The highest BCUT2D eigenvalue weighted by Gasteiger charge is 2.28. The molecular formula is C13H20N2O3S. The molecule has 1 N–H and O–H groups in total. The lowest BCUT2D eigenvalue weighted by Gasteiger charge is -2.35. The van der Waals surface area contributed by atoms with Gasteiger partial charge in [0.25, 0.3) is 5.56 Å². The van der Waals surface area contributed by atoms with Crippen molar-refractivity contribution in [3.8, 4) is 0 Å². The van der Waals surface area contributed by atoms with Crippen LogP contribution < -0.4 is 5.56 Å². The van der Waals surface area contributed by atoms with E-state index < -0.39 is 5.97 Å². The zero-order chi connectivity index (χ0) is 14.5. The van der Waals surface area contributed by atoms with Crippen LogP contribution in [0.5, 0.6) is 0 Å². The van der Waals surface area contributed by atoms with Crippen LogP contribution in [0.1, 0.15) is 40.0 Å². The lowest BCUT2D eigenvalue weighted by atomic mass is 9.89. The first-order valence-electron chi connectivity index (χ1n) is 6.43. The number of hydrogen-bond acceptors (Lipinski definition) is 4. The number of carboxylic acids is 1. The normalized spacial score (nSPS) is 11.5. The first-order valence-corrected chi connectivity index (χ1v) is 7.42. The largest absolute Gasteiger partial charge is 0.481 e. The summed E-state index contributed by atoms with van der Waals surface area (Å²) in [6, 6.07) is 1.43. The third kappa shape index (κ3) is 3.59. The molecule has 5 nitrogen and oxygen atoms in total. The van der Waals surface area contributed by atoms with Gasteiger partial charge in [-0.2, -0.15) is 4.98 Å². The Balaban J connectivity index is 3.25. The van der Waals surface area contributed by atoms with E-state index in [4.69, 9.17) is 5.11 Å². The topological polar surface area (TPSA) is 72.2 Å². The van der Waals surface area contributed by atoms with Gasteiger partial charge in [0, 0.05) is 17.8 Å². The Morgan fingerprint density at radius 2 is 1.95 bits per heavy atom. The van der Waals surface area contributed by atoms with Crippen molar-refractivity contribution in [3.63, 3.8) is 0 Å². The molecular weight excluding hydrogens is 264 g/mol. The molecule has 1 aromatic rings. The minimum atomic E-state index is -0.912. The summed E-state index contributed by atoms with van der Waals surface area (Å²) >= 11 is 1.09. The minimum Gasteiger partial charge on any atom is -0.481 e. The van der Waals surface area contributed by atoms with Gasteiger partial charge < -0.3 is 9.67 Å². The third-order valence-corrected chi connectivity index (χ3v) is 4.53. The van der Waals surface area contributed by atoms with Crippen LogP contribution in [0.2, 0.25) is 0 Å². The van der Waals surface area contributed by atoms with E-state index in [0.717, 1.165) is 31.0 Å². The summed E-state index contributed by atoms with van der Waals surface area (Å²) in [5, 5.41) is 9.26. The van der Waals surface area contributed by atoms with Crippen LogP contribution >= 0.6 is 11.8 Å². The van der Waals surface area contributed by atoms with Crippen LogP contribution in [0.3, 0.4) is 0 Å². The predicted molar refractivity (Wildman–Crippen MR) is 75.7 cm³/mol. The minimum absolute atomic E-state index is 0.0936. The summed E-state index contributed by atoms with van der Waals surface area (Å²) in [6.07, 6.45) is 4.46. The Bertz CT molecular complexity index is 487. The Morgan fingerprint density at radius 1 is 1.37 bits per heavy atom. The fraction of sp³-hybridized carbons (Fsp3) is 0.615. The molecule has 0 atom stereocenters. The summed E-state index contributed by atoms with van der Waals surface area (Å²) in [4.78, 5) is 26.0. The van der Waals surface area contributed by atoms with E-state index in [2.05, 4.69) is 25.8 Å². The lowest BCUT2D eigenvalue weighted by molar-refractivity contribution is -0.133. The lowest BCUT2D eigenvalue weighted by Crippen LogP contribution is -2.34. The summed E-state index contributed by atoms with van der Waals surface area (Å²) < 4.78 is 1.96. The van der Waals surface area contributed by atoms with Crippen molar-refractivity contribution in [2.24, 2.45) is 0 Å². The average Bonchev–Trinajstić information content (AvgIpc) is 2.40. The van der Waals surface area contributed by atoms with Gasteiger partial charge in [-0.1, -0.05) is 32.5 Å². The number of rotatable bonds is 7. The highest BCUT2D eigenvalue weighted by atomic mass is 32.2. The van der Waals surface area contributed by atoms with E-state index in [0.29, 0.717) is 5.16 Å². The number of hydrogen-bond donors (Lipinski definition) is 1. The van der Waals surface area contributed by atoms with Crippen molar-refractivity contribution in [1.82, 2.24) is 9.55 Å². The van der Waals surface area contributed by atoms with Gasteiger partial charge in [-0.3, -0.25) is 9.59 Å². The van der Waals surface area contributed by atoms with Gasteiger partial charge in [-0.25, -0.2) is 0 Å². The van der Waals surface area contributed by atoms with Crippen LogP contribution in [0.4, 0.5) is 0 Å². The Hall–Kier alpha value is -1.30. The molecule has 0 radical (unpaired) electrons. The van der Waals surface area contributed by atoms with Gasteiger partial charge in [-0.15, -0.1) is 0 Å². The van der Waals surface area contributed by atoms with Crippen LogP contribution in [0, 0.1) is 0 Å². The second-order valence-corrected chi connectivity index (χ2v) is 5.33. The number of thioether (sulfide) groups is 1. The van der Waals surface area contributed by atoms with Crippen molar-refractivity contribution >= 4 is 17.7 Å². The molecule has 1 aromatic heterocycles. The molecule has 0 spiro atoms. The van der Waals surface area contributed by atoms with Crippen molar-refractivity contribution in [2.45, 2.75) is 50.7 Å². The maximum absolute atomic E-state index is 11.4. The van der Waals surface area contributed by atoms with E-state index in [-0.39, 0.29) is 16.9 Å². The Labute approximate surface area is 117 Å². The van der Waals surface area contributed by atoms with Gasteiger partial charge in [0.2, 0.25) is 0 Å². The number of nitrogens with zero attached hydrogens (tertiary/aromatic N) is 2. The maximum atomic E-state index is 11.4. The number of aliphatic carboxylic acids is 1. The number of aromatic nitrogens is 2. The fourth-order valence-corrected chi connectivity index (χ4v) is 3.04. The molecule has 0 saturated heterocycles. The maximum Gasteiger partial charge on any atom is 0.313 e. The smallest absolute Gasteiger partial charge is 0.313 e. The van der Waals surface area contributed by atoms with E-state index in [1.54, 1.807) is 6.20 Å². The summed E-state index contributed by atoms with van der Waals surface area (Å²) in [6.45, 7) is 6.28. The fourth-order valence-electron chi connectivity index (χ4n) is 2.24. The molecule has 0 unspecified atom stereocenters. The molecule has 0 aliphatic heterocycles. The third-order valence-electron chi connectivity index (χ3n) is 3.59. The van der Waals surface area contributed by atoms with Crippen molar-refractivity contribution in [2.75, 3.05) is 5.75 Å². The van der Waals surface area contributed by atoms with Crippen molar-refractivity contribution in [3.05, 3.63) is 22.6 Å². The van der Waals surface area contributed by atoms with Crippen molar-refractivity contribution in [1.29, 1.82) is 0 Å². The highest BCUT2D eigenvalue weighted by molar-refractivity contribution is 7.99. The first-order chi connectivity index (χ1) is 8.99. The summed E-state index contributed by atoms with van der Waals surface area (Å²) in [7, 11) is 0. The molecule has 0 amide bonds. The zero-order valence-electron chi connectivity index (χ0n) is 11.5. The van der Waals surface area contributed by atoms with E-state index in [1.165, 1.54) is 6.07 Å². The molecule has 1 heterocycles. The molecule has 6 heteroatoms. The number of carbonyl (C=O) groups is 1. The first kappa shape index (κ1) is 15.8. The zero-order valence-corrected chi connectivity index (χ0v) is 12.4. The second kappa shape index (κ2) is 6.75. The van der Waals surface area contributed by atoms with Crippen LogP contribution in [0.15, 0.2) is 22.2 Å². The monoisotopic (exact) mass is 284 g/mol. The van der Waals surface area contributed by atoms with Gasteiger partial charge in [0.15, 0.2) is 5.16 Å². The standard InChI is InChI=1S/C13H20N2O3S/c1-4-13(5-2,6-3)15-8-7-10(16)14-12(15)19-9-11(17)18/h7-8H,4-6,9H2,1-3H3,(H,17,18).